The van der Waals surface area contributed by atoms with Crippen LogP contribution < -0.4 is 4.74 Å². The number of aliphatic hydroxyl groups is 1. The molecule has 0 saturated carbocycles. The van der Waals surface area contributed by atoms with Crippen LogP contribution in [0.1, 0.15) is 36.3 Å². The molecule has 5 heteroatoms. The summed E-state index contributed by atoms with van der Waals surface area (Å²) in [6.45, 7) is 3.62. The Morgan fingerprint density at radius 3 is 3.15 bits per heavy atom. The van der Waals surface area contributed by atoms with E-state index in [1.54, 1.807) is 6.20 Å². The van der Waals surface area contributed by atoms with Gasteiger partial charge in [0.25, 0.3) is 0 Å². The van der Waals surface area contributed by atoms with E-state index in [2.05, 4.69) is 28.0 Å². The summed E-state index contributed by atoms with van der Waals surface area (Å²) in [5.74, 6) is 0.932. The van der Waals surface area contributed by atoms with Crippen molar-refractivity contribution in [3.05, 3.63) is 45.7 Å². The Balaban J connectivity index is 1.96. The highest BCUT2D eigenvalue weighted by Gasteiger charge is 2.21. The zero-order chi connectivity index (χ0) is 14.1. The van der Waals surface area contributed by atoms with Crippen molar-refractivity contribution in [1.29, 1.82) is 0 Å². The standard InChI is InChI=1S/C15H17BrN2O2/c1-2-6-18-14(12(16)9-17-18)15(19)11-3-4-13-10(8-11)5-7-20-13/h3-4,8-9,15,19H,2,5-7H2,1H3. The van der Waals surface area contributed by atoms with Gasteiger partial charge in [-0.1, -0.05) is 13.0 Å². The molecule has 0 amide bonds. The quantitative estimate of drug-likeness (QED) is 0.933. The van der Waals surface area contributed by atoms with Crippen LogP contribution in [-0.4, -0.2) is 21.5 Å². The predicted octanol–water partition coefficient (Wildman–Crippen LogP) is 3.07. The molecular formula is C15H17BrN2O2. The van der Waals surface area contributed by atoms with Crippen LogP contribution >= 0.6 is 15.9 Å². The number of hydrogen-bond donors (Lipinski definition) is 1. The summed E-state index contributed by atoms with van der Waals surface area (Å²) in [5.41, 5.74) is 2.86. The van der Waals surface area contributed by atoms with Crippen LogP contribution in [0.4, 0.5) is 0 Å². The molecule has 0 spiro atoms. The summed E-state index contributed by atoms with van der Waals surface area (Å²) in [5, 5.41) is 15.0. The van der Waals surface area contributed by atoms with Crippen molar-refractivity contribution in [3.63, 3.8) is 0 Å². The summed E-state index contributed by atoms with van der Waals surface area (Å²) in [6, 6.07) is 5.89. The molecular weight excluding hydrogens is 320 g/mol. The summed E-state index contributed by atoms with van der Waals surface area (Å²) in [6.07, 6.45) is 2.95. The van der Waals surface area contributed by atoms with Crippen LogP contribution in [0.3, 0.4) is 0 Å². The predicted molar refractivity (Wildman–Crippen MR) is 79.9 cm³/mol. The maximum atomic E-state index is 10.7. The van der Waals surface area contributed by atoms with Crippen LogP contribution in [-0.2, 0) is 13.0 Å². The SMILES string of the molecule is CCCn1ncc(Br)c1C(O)c1ccc2c(c1)CCO2. The minimum absolute atomic E-state index is 0.677. The second-order valence-electron chi connectivity index (χ2n) is 4.97. The molecule has 1 aromatic heterocycles. The van der Waals surface area contributed by atoms with Crippen molar-refractivity contribution >= 4 is 15.9 Å². The van der Waals surface area contributed by atoms with E-state index >= 15 is 0 Å². The minimum atomic E-state index is -0.677. The van der Waals surface area contributed by atoms with E-state index in [1.165, 1.54) is 5.56 Å². The van der Waals surface area contributed by atoms with Crippen molar-refractivity contribution < 1.29 is 9.84 Å². The third kappa shape index (κ3) is 2.36. The molecule has 20 heavy (non-hydrogen) atoms. The van der Waals surface area contributed by atoms with Gasteiger partial charge in [0.15, 0.2) is 0 Å². The Kier molecular flexibility index (Phi) is 3.81. The number of nitrogens with zero attached hydrogens (tertiary/aromatic N) is 2. The van der Waals surface area contributed by atoms with E-state index in [0.29, 0.717) is 0 Å². The number of fused-ring (bicyclic) bond motifs is 1. The number of rotatable bonds is 4. The van der Waals surface area contributed by atoms with Crippen LogP contribution in [0.15, 0.2) is 28.9 Å². The Labute approximate surface area is 126 Å². The van der Waals surface area contributed by atoms with Crippen LogP contribution in [0, 0.1) is 0 Å². The molecule has 1 aromatic carbocycles. The van der Waals surface area contributed by atoms with Gasteiger partial charge in [0.1, 0.15) is 11.9 Å². The second-order valence-corrected chi connectivity index (χ2v) is 5.82. The maximum absolute atomic E-state index is 10.7. The molecule has 0 saturated heterocycles. The number of halogens is 1. The van der Waals surface area contributed by atoms with Gasteiger partial charge in [0, 0.05) is 13.0 Å². The molecule has 0 radical (unpaired) electrons. The van der Waals surface area contributed by atoms with E-state index in [9.17, 15) is 5.11 Å². The van der Waals surface area contributed by atoms with Gasteiger partial charge in [-0.2, -0.15) is 5.10 Å². The summed E-state index contributed by atoms with van der Waals surface area (Å²) in [4.78, 5) is 0. The normalized spacial score (nSPS) is 14.9. The van der Waals surface area contributed by atoms with E-state index in [4.69, 9.17) is 4.74 Å². The smallest absolute Gasteiger partial charge is 0.122 e. The highest BCUT2D eigenvalue weighted by molar-refractivity contribution is 9.10. The largest absolute Gasteiger partial charge is 0.493 e. The van der Waals surface area contributed by atoms with Gasteiger partial charge in [-0.3, -0.25) is 4.68 Å². The average Bonchev–Trinajstić information content (AvgIpc) is 3.04. The lowest BCUT2D eigenvalue weighted by molar-refractivity contribution is 0.206. The van der Waals surface area contributed by atoms with E-state index in [0.717, 1.165) is 47.5 Å². The fourth-order valence-electron chi connectivity index (χ4n) is 2.57. The molecule has 0 fully saturated rings. The zero-order valence-corrected chi connectivity index (χ0v) is 12.9. The minimum Gasteiger partial charge on any atom is -0.493 e. The van der Waals surface area contributed by atoms with Gasteiger partial charge in [-0.15, -0.1) is 0 Å². The highest BCUT2D eigenvalue weighted by atomic mass is 79.9. The van der Waals surface area contributed by atoms with Gasteiger partial charge in [-0.05, 0) is 45.6 Å². The second kappa shape index (κ2) is 5.58. The molecule has 1 aliphatic rings. The molecule has 4 nitrogen and oxygen atoms in total. The monoisotopic (exact) mass is 336 g/mol. The Morgan fingerprint density at radius 1 is 1.50 bits per heavy atom. The van der Waals surface area contributed by atoms with Crippen molar-refractivity contribution in [2.75, 3.05) is 6.61 Å². The molecule has 2 aromatic rings. The third-order valence-corrected chi connectivity index (χ3v) is 4.17. The topological polar surface area (TPSA) is 47.3 Å². The zero-order valence-electron chi connectivity index (χ0n) is 11.3. The van der Waals surface area contributed by atoms with Crippen molar-refractivity contribution in [3.8, 4) is 5.75 Å². The number of aromatic nitrogens is 2. The van der Waals surface area contributed by atoms with Gasteiger partial charge in [0.2, 0.25) is 0 Å². The molecule has 0 bridgehead atoms. The lowest BCUT2D eigenvalue weighted by Gasteiger charge is -2.15. The van der Waals surface area contributed by atoms with Crippen molar-refractivity contribution in [2.24, 2.45) is 0 Å². The maximum Gasteiger partial charge on any atom is 0.122 e. The lowest BCUT2D eigenvalue weighted by Crippen LogP contribution is -2.10. The van der Waals surface area contributed by atoms with Gasteiger partial charge >= 0.3 is 0 Å². The van der Waals surface area contributed by atoms with Crippen LogP contribution in [0.5, 0.6) is 5.75 Å². The Hall–Kier alpha value is -1.33. The summed E-state index contributed by atoms with van der Waals surface area (Å²) >= 11 is 3.48. The first-order chi connectivity index (χ1) is 9.70. The first-order valence-electron chi connectivity index (χ1n) is 6.85. The van der Waals surface area contributed by atoms with Crippen molar-refractivity contribution in [1.82, 2.24) is 9.78 Å². The fraction of sp³-hybridized carbons (Fsp3) is 0.400. The lowest BCUT2D eigenvalue weighted by atomic mass is 10.0. The van der Waals surface area contributed by atoms with Gasteiger partial charge in [0.05, 0.1) is 23.0 Å². The number of aryl methyl sites for hydroxylation is 1. The molecule has 0 aliphatic carbocycles. The van der Waals surface area contributed by atoms with Crippen LogP contribution in [0.25, 0.3) is 0 Å². The number of benzene rings is 1. The molecule has 3 rings (SSSR count). The summed E-state index contributed by atoms with van der Waals surface area (Å²) < 4.78 is 8.20. The number of hydrogen-bond acceptors (Lipinski definition) is 3. The molecule has 106 valence electrons. The third-order valence-electron chi connectivity index (χ3n) is 3.56. The first kappa shape index (κ1) is 13.6. The van der Waals surface area contributed by atoms with Crippen molar-refractivity contribution in [2.45, 2.75) is 32.4 Å². The van der Waals surface area contributed by atoms with E-state index in [1.807, 2.05) is 22.9 Å². The summed E-state index contributed by atoms with van der Waals surface area (Å²) in [7, 11) is 0. The Bertz CT molecular complexity index is 624. The molecule has 1 unspecified atom stereocenters. The van der Waals surface area contributed by atoms with Gasteiger partial charge < -0.3 is 9.84 Å². The van der Waals surface area contributed by atoms with Crippen LogP contribution in [0.2, 0.25) is 0 Å². The Morgan fingerprint density at radius 2 is 2.35 bits per heavy atom. The van der Waals surface area contributed by atoms with Gasteiger partial charge in [-0.25, -0.2) is 0 Å². The number of aliphatic hydroxyl groups excluding tert-OH is 1. The number of ether oxygens (including phenoxy) is 1. The molecule has 1 N–H and O–H groups in total. The fourth-order valence-corrected chi connectivity index (χ4v) is 3.08. The highest BCUT2D eigenvalue weighted by Crippen LogP contribution is 2.33. The molecule has 1 atom stereocenters. The molecule has 2 heterocycles. The van der Waals surface area contributed by atoms with E-state index in [-0.39, 0.29) is 0 Å². The average molecular weight is 337 g/mol. The van der Waals surface area contributed by atoms with E-state index < -0.39 is 6.10 Å². The first-order valence-corrected chi connectivity index (χ1v) is 7.65. The molecule has 1 aliphatic heterocycles.